The highest BCUT2D eigenvalue weighted by molar-refractivity contribution is 5.67. The second-order valence-corrected chi connectivity index (χ2v) is 9.59. The molecule has 0 spiro atoms. The lowest BCUT2D eigenvalue weighted by Crippen LogP contribution is -2.50. The molecule has 4 aliphatic carbocycles. The van der Waals surface area contributed by atoms with Gasteiger partial charge in [0.15, 0.2) is 0 Å². The summed E-state index contributed by atoms with van der Waals surface area (Å²) in [6.45, 7) is 7.75. The monoisotopic (exact) mass is 372 g/mol. The minimum absolute atomic E-state index is 0.00346. The Morgan fingerprint density at radius 1 is 0.963 bits per heavy atom. The van der Waals surface area contributed by atoms with Gasteiger partial charge in [-0.3, -0.25) is 9.59 Å². The van der Waals surface area contributed by atoms with Crippen LogP contribution in [0.25, 0.3) is 0 Å². The van der Waals surface area contributed by atoms with Gasteiger partial charge in [-0.2, -0.15) is 0 Å². The topological polar surface area (TPSA) is 52.6 Å². The molecule has 0 aliphatic heterocycles. The minimum atomic E-state index is -0.202. The van der Waals surface area contributed by atoms with Crippen molar-refractivity contribution in [3.8, 4) is 0 Å². The van der Waals surface area contributed by atoms with E-state index in [1.807, 2.05) is 0 Å². The third kappa shape index (κ3) is 2.96. The highest BCUT2D eigenvalue weighted by atomic mass is 16.5. The Morgan fingerprint density at radius 3 is 2.41 bits per heavy atom. The van der Waals surface area contributed by atoms with Crippen molar-refractivity contribution in [3.05, 3.63) is 23.5 Å². The van der Waals surface area contributed by atoms with Crippen LogP contribution in [0.15, 0.2) is 23.5 Å². The molecule has 0 saturated heterocycles. The average molecular weight is 373 g/mol. The van der Waals surface area contributed by atoms with E-state index in [4.69, 9.17) is 9.47 Å². The van der Waals surface area contributed by atoms with E-state index in [2.05, 4.69) is 26.0 Å². The number of carbonyl (C=O) groups excluding carboxylic acids is 2. The number of fused-ring (bicyclic) bond motifs is 5. The number of allylic oxidation sites excluding steroid dienone is 3. The van der Waals surface area contributed by atoms with Crippen molar-refractivity contribution in [2.45, 2.75) is 78.7 Å². The summed E-state index contributed by atoms with van der Waals surface area (Å²) in [5.74, 6) is 2.43. The van der Waals surface area contributed by atoms with Crippen LogP contribution in [-0.2, 0) is 19.1 Å². The van der Waals surface area contributed by atoms with Gasteiger partial charge in [-0.05, 0) is 67.8 Å². The van der Waals surface area contributed by atoms with E-state index < -0.39 is 0 Å². The fourth-order valence-electron chi connectivity index (χ4n) is 6.80. The average Bonchev–Trinajstić information content (AvgIpc) is 2.91. The molecule has 0 aromatic rings. The Morgan fingerprint density at radius 2 is 1.70 bits per heavy atom. The van der Waals surface area contributed by atoms with Gasteiger partial charge in [0, 0.05) is 25.7 Å². The Hall–Kier alpha value is -1.58. The molecule has 0 heterocycles. The van der Waals surface area contributed by atoms with Gasteiger partial charge in [-0.25, -0.2) is 0 Å². The Bertz CT molecular complexity index is 720. The van der Waals surface area contributed by atoms with Gasteiger partial charge < -0.3 is 9.47 Å². The van der Waals surface area contributed by atoms with Crippen LogP contribution in [-0.4, -0.2) is 18.0 Å². The zero-order valence-electron chi connectivity index (χ0n) is 17.0. The molecule has 1 unspecified atom stereocenters. The summed E-state index contributed by atoms with van der Waals surface area (Å²) in [7, 11) is 0. The van der Waals surface area contributed by atoms with Crippen molar-refractivity contribution in [2.24, 2.45) is 28.6 Å². The predicted molar refractivity (Wildman–Crippen MR) is 102 cm³/mol. The standard InChI is InChI=1S/C23H32O4/c1-14(24)26-17-9-11-22(3)16(13-17)5-6-18-19-7-8-21(27-15(2)25)23(19,4)12-10-20(18)22/h5,8,17-20H,6-7,9-13H2,1-4H3/t17?,18-,19-,20+,22-,23-/m0/s1. The largest absolute Gasteiger partial charge is 0.462 e. The molecule has 0 amide bonds. The van der Waals surface area contributed by atoms with E-state index >= 15 is 0 Å². The summed E-state index contributed by atoms with van der Waals surface area (Å²) >= 11 is 0. The third-order valence-corrected chi connectivity index (χ3v) is 8.15. The smallest absolute Gasteiger partial charge is 0.307 e. The van der Waals surface area contributed by atoms with Gasteiger partial charge in [0.2, 0.25) is 0 Å². The lowest BCUT2D eigenvalue weighted by molar-refractivity contribution is -0.148. The van der Waals surface area contributed by atoms with Gasteiger partial charge >= 0.3 is 11.9 Å². The molecular formula is C23H32O4. The highest BCUT2D eigenvalue weighted by Crippen LogP contribution is 2.65. The summed E-state index contributed by atoms with van der Waals surface area (Å²) in [5.41, 5.74) is 1.74. The molecule has 2 saturated carbocycles. The van der Waals surface area contributed by atoms with Crippen LogP contribution < -0.4 is 0 Å². The molecule has 0 radical (unpaired) electrons. The van der Waals surface area contributed by atoms with Gasteiger partial charge in [0.1, 0.15) is 11.9 Å². The Labute approximate surface area is 162 Å². The second kappa shape index (κ2) is 6.49. The maximum atomic E-state index is 11.5. The molecule has 0 aromatic heterocycles. The van der Waals surface area contributed by atoms with Crippen LogP contribution in [0.5, 0.6) is 0 Å². The lowest BCUT2D eigenvalue weighted by atomic mass is 9.48. The molecule has 2 fully saturated rings. The van der Waals surface area contributed by atoms with Crippen LogP contribution >= 0.6 is 0 Å². The minimum Gasteiger partial charge on any atom is -0.462 e. The lowest BCUT2D eigenvalue weighted by Gasteiger charge is -2.57. The van der Waals surface area contributed by atoms with Crippen LogP contribution in [0.3, 0.4) is 0 Å². The fourth-order valence-corrected chi connectivity index (χ4v) is 6.80. The molecule has 6 atom stereocenters. The third-order valence-electron chi connectivity index (χ3n) is 8.15. The van der Waals surface area contributed by atoms with Gasteiger partial charge in [0.25, 0.3) is 0 Å². The van der Waals surface area contributed by atoms with Crippen LogP contribution in [0.4, 0.5) is 0 Å². The molecule has 0 aromatic carbocycles. The van der Waals surface area contributed by atoms with Crippen molar-refractivity contribution >= 4 is 11.9 Å². The second-order valence-electron chi connectivity index (χ2n) is 9.59. The summed E-state index contributed by atoms with van der Waals surface area (Å²) in [6, 6.07) is 0. The maximum absolute atomic E-state index is 11.5. The molecule has 0 bridgehead atoms. The van der Waals surface area contributed by atoms with Crippen molar-refractivity contribution in [3.63, 3.8) is 0 Å². The first-order valence-corrected chi connectivity index (χ1v) is 10.5. The molecule has 0 N–H and O–H groups in total. The summed E-state index contributed by atoms with van der Waals surface area (Å²) in [6.07, 6.45) is 12.0. The van der Waals surface area contributed by atoms with Crippen molar-refractivity contribution in [1.29, 1.82) is 0 Å². The first-order valence-electron chi connectivity index (χ1n) is 10.5. The first kappa shape index (κ1) is 18.8. The summed E-state index contributed by atoms with van der Waals surface area (Å²) < 4.78 is 11.1. The van der Waals surface area contributed by atoms with E-state index in [1.54, 1.807) is 0 Å². The number of hydrogen-bond acceptors (Lipinski definition) is 4. The zero-order chi connectivity index (χ0) is 19.4. The van der Waals surface area contributed by atoms with Crippen molar-refractivity contribution < 1.29 is 19.1 Å². The van der Waals surface area contributed by atoms with Crippen LogP contribution in [0.2, 0.25) is 0 Å². The number of esters is 2. The quantitative estimate of drug-likeness (QED) is 0.509. The Kier molecular flexibility index (Phi) is 4.51. The van der Waals surface area contributed by atoms with Gasteiger partial charge in [-0.15, -0.1) is 0 Å². The van der Waals surface area contributed by atoms with Crippen molar-refractivity contribution in [1.82, 2.24) is 0 Å². The first-order chi connectivity index (χ1) is 12.7. The molecule has 27 heavy (non-hydrogen) atoms. The molecule has 4 nitrogen and oxygen atoms in total. The molecular weight excluding hydrogens is 340 g/mol. The SMILES string of the molecule is CC(=O)OC1=CC[C@H]2[C@@H]3CC=C4CC(OC(C)=O)CC[C@]4(C)[C@@H]3CC[C@]12C. The van der Waals surface area contributed by atoms with Crippen LogP contribution in [0, 0.1) is 28.6 Å². The fraction of sp³-hybridized carbons (Fsp3) is 0.739. The molecule has 4 heteroatoms. The predicted octanol–water partition coefficient (Wildman–Crippen LogP) is 4.94. The molecule has 4 aliphatic rings. The van der Waals surface area contributed by atoms with Crippen molar-refractivity contribution in [2.75, 3.05) is 0 Å². The molecule has 148 valence electrons. The maximum Gasteiger partial charge on any atom is 0.307 e. The van der Waals surface area contributed by atoms with Crippen LogP contribution in [0.1, 0.15) is 72.6 Å². The zero-order valence-corrected chi connectivity index (χ0v) is 17.0. The summed E-state index contributed by atoms with van der Waals surface area (Å²) in [5, 5.41) is 0. The number of hydrogen-bond donors (Lipinski definition) is 0. The normalized spacial score (nSPS) is 42.8. The summed E-state index contributed by atoms with van der Waals surface area (Å²) in [4.78, 5) is 22.9. The van der Waals surface area contributed by atoms with E-state index in [9.17, 15) is 9.59 Å². The number of rotatable bonds is 2. The van der Waals surface area contributed by atoms with E-state index in [1.165, 1.54) is 25.8 Å². The van der Waals surface area contributed by atoms with Gasteiger partial charge in [-0.1, -0.05) is 25.5 Å². The van der Waals surface area contributed by atoms with E-state index in [-0.39, 0.29) is 28.9 Å². The van der Waals surface area contributed by atoms with E-state index in [0.29, 0.717) is 17.8 Å². The van der Waals surface area contributed by atoms with E-state index in [0.717, 1.165) is 44.3 Å². The Balaban J connectivity index is 1.56. The highest BCUT2D eigenvalue weighted by Gasteiger charge is 2.57. The number of carbonyl (C=O) groups is 2. The number of ether oxygens (including phenoxy) is 2. The molecule has 4 rings (SSSR count). The van der Waals surface area contributed by atoms with Gasteiger partial charge in [0.05, 0.1) is 0 Å².